The summed E-state index contributed by atoms with van der Waals surface area (Å²) in [5.41, 5.74) is 1.26. The molecule has 2 aliphatic rings. The van der Waals surface area contributed by atoms with Crippen molar-refractivity contribution in [2.45, 2.75) is 25.8 Å². The van der Waals surface area contributed by atoms with Crippen molar-refractivity contribution in [1.29, 1.82) is 0 Å². The van der Waals surface area contributed by atoms with E-state index in [1.54, 1.807) is 17.7 Å². The van der Waals surface area contributed by atoms with Gasteiger partial charge in [-0.3, -0.25) is 9.59 Å². The predicted octanol–water partition coefficient (Wildman–Crippen LogP) is 1.48. The fourth-order valence-corrected chi connectivity index (χ4v) is 4.17. The molecule has 0 aromatic carbocycles. The number of piperazine rings is 1. The minimum Gasteiger partial charge on any atom is -0.354 e. The van der Waals surface area contributed by atoms with Crippen LogP contribution in [0.1, 0.15) is 34.8 Å². The molecule has 0 bridgehead atoms. The van der Waals surface area contributed by atoms with Gasteiger partial charge in [-0.25, -0.2) is 4.98 Å². The van der Waals surface area contributed by atoms with Gasteiger partial charge in [-0.2, -0.15) is 0 Å². The van der Waals surface area contributed by atoms with Crippen LogP contribution in [0.15, 0.2) is 35.4 Å². The highest BCUT2D eigenvalue weighted by Gasteiger charge is 2.22. The summed E-state index contributed by atoms with van der Waals surface area (Å²) >= 11 is 0. The Bertz CT molecular complexity index is 941. The number of hydrogen-bond donors (Lipinski definition) is 2. The van der Waals surface area contributed by atoms with Crippen molar-refractivity contribution >= 4 is 17.4 Å². The number of rotatable bonds is 4. The van der Waals surface area contributed by atoms with Crippen molar-refractivity contribution in [2.75, 3.05) is 56.5 Å². The van der Waals surface area contributed by atoms with Crippen molar-refractivity contribution in [3.05, 3.63) is 52.1 Å². The van der Waals surface area contributed by atoms with E-state index in [4.69, 9.17) is 0 Å². The Morgan fingerprint density at radius 2 is 1.87 bits per heavy atom. The van der Waals surface area contributed by atoms with Gasteiger partial charge in [0.1, 0.15) is 11.4 Å². The lowest BCUT2D eigenvalue weighted by Gasteiger charge is -2.33. The molecular formula is C22H30N6O2. The largest absolute Gasteiger partial charge is 0.354 e. The number of likely N-dealkylation sites (N-methyl/N-ethyl adjacent to an activating group) is 1. The lowest BCUT2D eigenvalue weighted by atomic mass is 10.0. The summed E-state index contributed by atoms with van der Waals surface area (Å²) in [7, 11) is 2.12. The van der Waals surface area contributed by atoms with Crippen molar-refractivity contribution in [3.8, 4) is 0 Å². The second-order valence-electron chi connectivity index (χ2n) is 8.22. The molecule has 0 saturated carbocycles. The van der Waals surface area contributed by atoms with Gasteiger partial charge >= 0.3 is 0 Å². The molecule has 4 heterocycles. The number of hydrogen-bond acceptors (Lipinski definition) is 6. The van der Waals surface area contributed by atoms with E-state index in [1.165, 1.54) is 0 Å². The highest BCUT2D eigenvalue weighted by molar-refractivity contribution is 6.04. The maximum absolute atomic E-state index is 13.1. The lowest BCUT2D eigenvalue weighted by molar-refractivity contribution is 0.102. The van der Waals surface area contributed by atoms with E-state index in [9.17, 15) is 9.59 Å². The fourth-order valence-electron chi connectivity index (χ4n) is 4.17. The molecule has 2 fully saturated rings. The maximum Gasteiger partial charge on any atom is 0.263 e. The number of anilines is 2. The Morgan fingerprint density at radius 3 is 2.53 bits per heavy atom. The molecule has 2 aliphatic heterocycles. The van der Waals surface area contributed by atoms with Crippen molar-refractivity contribution < 1.29 is 4.79 Å². The number of nitrogens with one attached hydrogen (secondary N) is 2. The van der Waals surface area contributed by atoms with Crippen LogP contribution in [0.3, 0.4) is 0 Å². The van der Waals surface area contributed by atoms with E-state index in [0.29, 0.717) is 11.3 Å². The van der Waals surface area contributed by atoms with Gasteiger partial charge in [0.25, 0.3) is 11.5 Å². The Kier molecular flexibility index (Phi) is 6.15. The monoisotopic (exact) mass is 410 g/mol. The molecule has 4 rings (SSSR count). The van der Waals surface area contributed by atoms with E-state index >= 15 is 0 Å². The molecule has 8 heteroatoms. The Morgan fingerprint density at radius 1 is 1.13 bits per heavy atom. The third kappa shape index (κ3) is 4.39. The van der Waals surface area contributed by atoms with Crippen LogP contribution in [0.25, 0.3) is 0 Å². The van der Waals surface area contributed by atoms with Crippen LogP contribution in [0.2, 0.25) is 0 Å². The van der Waals surface area contributed by atoms with Gasteiger partial charge in [0.15, 0.2) is 0 Å². The summed E-state index contributed by atoms with van der Waals surface area (Å²) in [4.78, 5) is 35.0. The predicted molar refractivity (Wildman–Crippen MR) is 118 cm³/mol. The number of nitrogens with zero attached hydrogens (tertiary/aromatic N) is 4. The average molecular weight is 411 g/mol. The summed E-state index contributed by atoms with van der Waals surface area (Å²) in [6, 6.07) is 5.76. The minimum atomic E-state index is -0.380. The Labute approximate surface area is 176 Å². The van der Waals surface area contributed by atoms with Gasteiger partial charge in [-0.05, 0) is 63.7 Å². The number of aromatic nitrogens is 2. The van der Waals surface area contributed by atoms with E-state index in [1.807, 2.05) is 24.4 Å². The summed E-state index contributed by atoms with van der Waals surface area (Å²) in [6.45, 7) is 7.48. The zero-order chi connectivity index (χ0) is 21.1. The molecule has 8 nitrogen and oxygen atoms in total. The molecule has 2 N–H and O–H groups in total. The second-order valence-corrected chi connectivity index (χ2v) is 8.22. The van der Waals surface area contributed by atoms with Crippen molar-refractivity contribution in [3.63, 3.8) is 0 Å². The number of carbonyl (C=O) groups is 1. The van der Waals surface area contributed by atoms with E-state index in [-0.39, 0.29) is 23.1 Å². The first kappa shape index (κ1) is 20.6. The Balaban J connectivity index is 1.49. The standard InChI is InChI=1S/C22H30N6O2/c1-16-7-10-28(18-5-8-23-9-6-18)22(30)20(16)21(29)25-17-3-4-19(24-15-17)27-13-11-26(2)12-14-27/h3-4,7,10,15,18,23H,5-6,8-9,11-14H2,1-2H3,(H,25,29). The number of amides is 1. The average Bonchev–Trinajstić information content (AvgIpc) is 2.76. The molecule has 0 spiro atoms. The topological polar surface area (TPSA) is 82.5 Å². The number of piperidine rings is 1. The van der Waals surface area contributed by atoms with Gasteiger partial charge < -0.3 is 25.0 Å². The van der Waals surface area contributed by atoms with Gasteiger partial charge in [0, 0.05) is 38.4 Å². The normalized spacial score (nSPS) is 18.4. The first-order valence-corrected chi connectivity index (χ1v) is 10.7. The van der Waals surface area contributed by atoms with Crippen LogP contribution in [0.5, 0.6) is 0 Å². The van der Waals surface area contributed by atoms with Crippen molar-refractivity contribution in [2.24, 2.45) is 0 Å². The molecular weight excluding hydrogens is 380 g/mol. The molecule has 30 heavy (non-hydrogen) atoms. The quantitative estimate of drug-likeness (QED) is 0.795. The molecule has 0 atom stereocenters. The molecule has 0 unspecified atom stereocenters. The van der Waals surface area contributed by atoms with Gasteiger partial charge in [-0.15, -0.1) is 0 Å². The molecule has 1 amide bonds. The number of aryl methyl sites for hydroxylation is 1. The molecule has 2 aromatic rings. The minimum absolute atomic E-state index is 0.135. The van der Waals surface area contributed by atoms with Crippen LogP contribution in [-0.4, -0.2) is 66.7 Å². The van der Waals surface area contributed by atoms with Crippen LogP contribution in [0.4, 0.5) is 11.5 Å². The van der Waals surface area contributed by atoms with Crippen LogP contribution in [0, 0.1) is 6.92 Å². The molecule has 2 saturated heterocycles. The fraction of sp³-hybridized carbons (Fsp3) is 0.500. The van der Waals surface area contributed by atoms with Crippen LogP contribution >= 0.6 is 0 Å². The second kappa shape index (κ2) is 8.97. The zero-order valence-corrected chi connectivity index (χ0v) is 17.7. The molecule has 2 aromatic heterocycles. The van der Waals surface area contributed by atoms with Crippen LogP contribution < -0.4 is 21.1 Å². The van der Waals surface area contributed by atoms with Gasteiger partial charge in [-0.1, -0.05) is 0 Å². The summed E-state index contributed by atoms with van der Waals surface area (Å²) < 4.78 is 1.72. The number of pyridine rings is 2. The first-order valence-electron chi connectivity index (χ1n) is 10.7. The number of carbonyl (C=O) groups excluding carboxylic acids is 1. The van der Waals surface area contributed by atoms with Crippen LogP contribution in [-0.2, 0) is 0 Å². The third-order valence-electron chi connectivity index (χ3n) is 6.09. The summed E-state index contributed by atoms with van der Waals surface area (Å²) in [5, 5.41) is 6.16. The van der Waals surface area contributed by atoms with Gasteiger partial charge in [0.05, 0.1) is 11.9 Å². The zero-order valence-electron chi connectivity index (χ0n) is 17.7. The molecule has 0 aliphatic carbocycles. The SMILES string of the molecule is Cc1ccn(C2CCNCC2)c(=O)c1C(=O)Nc1ccc(N2CCN(C)CC2)nc1. The lowest BCUT2D eigenvalue weighted by Crippen LogP contribution is -2.44. The first-order chi connectivity index (χ1) is 14.5. The van der Waals surface area contributed by atoms with Gasteiger partial charge in [0.2, 0.25) is 0 Å². The summed E-state index contributed by atoms with van der Waals surface area (Å²) in [5.74, 6) is 0.528. The van der Waals surface area contributed by atoms with E-state index in [0.717, 1.165) is 57.9 Å². The highest BCUT2D eigenvalue weighted by atomic mass is 16.2. The summed E-state index contributed by atoms with van der Waals surface area (Å²) in [6.07, 6.45) is 5.26. The Hall–Kier alpha value is -2.71. The van der Waals surface area contributed by atoms with Crippen molar-refractivity contribution in [1.82, 2.24) is 19.8 Å². The third-order valence-corrected chi connectivity index (χ3v) is 6.09. The smallest absolute Gasteiger partial charge is 0.263 e. The highest BCUT2D eigenvalue weighted by Crippen LogP contribution is 2.19. The molecule has 0 radical (unpaired) electrons. The van der Waals surface area contributed by atoms with E-state index in [2.05, 4.69) is 32.5 Å². The van der Waals surface area contributed by atoms with E-state index < -0.39 is 0 Å². The maximum atomic E-state index is 13.1. The molecule has 160 valence electrons.